The van der Waals surface area contributed by atoms with E-state index in [0.29, 0.717) is 18.1 Å². The fraction of sp³-hybridized carbons (Fsp3) is 0.455. The fourth-order valence-electron chi connectivity index (χ4n) is 1.61. The lowest BCUT2D eigenvalue weighted by Crippen LogP contribution is -2.13. The van der Waals surface area contributed by atoms with Gasteiger partial charge in [-0.15, -0.1) is 0 Å². The summed E-state index contributed by atoms with van der Waals surface area (Å²) in [6, 6.07) is 1.50. The molecule has 1 saturated carbocycles. The van der Waals surface area contributed by atoms with Crippen LogP contribution in [0.1, 0.15) is 41.6 Å². The average Bonchev–Trinajstić information content (AvgIpc) is 3.01. The Labute approximate surface area is 87.3 Å². The maximum absolute atomic E-state index is 11.6. The summed E-state index contributed by atoms with van der Waals surface area (Å²) in [5.74, 6) is 0.0161. The van der Waals surface area contributed by atoms with Gasteiger partial charge in [0.05, 0.1) is 12.2 Å². The average molecular weight is 207 g/mol. The van der Waals surface area contributed by atoms with Crippen molar-refractivity contribution in [3.63, 3.8) is 0 Å². The molecule has 0 atom stereocenters. The van der Waals surface area contributed by atoms with Crippen molar-refractivity contribution in [3.05, 3.63) is 33.7 Å². The van der Waals surface area contributed by atoms with Crippen molar-refractivity contribution < 1.29 is 9.53 Å². The smallest absolute Gasteiger partial charge is 0.339 e. The number of hydrogen-bond donors (Lipinski definition) is 1. The molecular formula is C11H13NO3. The number of pyridine rings is 1. The van der Waals surface area contributed by atoms with Crippen LogP contribution in [0.25, 0.3) is 0 Å². The lowest BCUT2D eigenvalue weighted by Gasteiger charge is -2.06. The predicted molar refractivity (Wildman–Crippen MR) is 55.0 cm³/mol. The summed E-state index contributed by atoms with van der Waals surface area (Å²) in [5.41, 5.74) is 1.17. The molecule has 0 saturated heterocycles. The number of hydrogen-bond acceptors (Lipinski definition) is 3. The molecule has 80 valence electrons. The van der Waals surface area contributed by atoms with Crippen LogP contribution in [0.2, 0.25) is 0 Å². The lowest BCUT2D eigenvalue weighted by molar-refractivity contribution is 0.0524. The number of ether oxygens (including phenoxy) is 1. The van der Waals surface area contributed by atoms with Crippen LogP contribution < -0.4 is 5.56 Å². The summed E-state index contributed by atoms with van der Waals surface area (Å²) in [5, 5.41) is 0. The molecule has 1 fully saturated rings. The number of aromatic nitrogens is 1. The molecule has 4 heteroatoms. The van der Waals surface area contributed by atoms with Gasteiger partial charge in [-0.25, -0.2) is 4.79 Å². The summed E-state index contributed by atoms with van der Waals surface area (Å²) in [7, 11) is 0. The molecule has 1 heterocycles. The highest BCUT2D eigenvalue weighted by Gasteiger charge is 2.28. The Morgan fingerprint density at radius 1 is 1.60 bits per heavy atom. The summed E-state index contributed by atoms with van der Waals surface area (Å²) in [6.45, 7) is 2.11. The van der Waals surface area contributed by atoms with Crippen LogP contribution in [0.5, 0.6) is 0 Å². The highest BCUT2D eigenvalue weighted by molar-refractivity contribution is 5.91. The molecule has 0 radical (unpaired) electrons. The van der Waals surface area contributed by atoms with E-state index < -0.39 is 0 Å². The predicted octanol–water partition coefficient (Wildman–Crippen LogP) is 1.43. The van der Waals surface area contributed by atoms with E-state index in [1.165, 1.54) is 12.3 Å². The molecule has 1 aliphatic carbocycles. The molecular weight excluding hydrogens is 194 g/mol. The van der Waals surface area contributed by atoms with Crippen LogP contribution in [0, 0.1) is 0 Å². The zero-order valence-corrected chi connectivity index (χ0v) is 8.58. The highest BCUT2D eigenvalue weighted by Crippen LogP contribution is 2.41. The zero-order chi connectivity index (χ0) is 10.8. The van der Waals surface area contributed by atoms with E-state index in [4.69, 9.17) is 4.74 Å². The van der Waals surface area contributed by atoms with Gasteiger partial charge in [0.2, 0.25) is 5.56 Å². The Morgan fingerprint density at radius 3 is 2.93 bits per heavy atom. The number of aromatic amines is 1. The molecule has 0 bridgehead atoms. The second kappa shape index (κ2) is 3.88. The Balaban J connectivity index is 2.36. The van der Waals surface area contributed by atoms with Crippen molar-refractivity contribution in [1.82, 2.24) is 4.98 Å². The Hall–Kier alpha value is -1.58. The van der Waals surface area contributed by atoms with Crippen LogP contribution in [0.3, 0.4) is 0 Å². The minimum Gasteiger partial charge on any atom is -0.462 e. The number of nitrogens with one attached hydrogen (secondary N) is 1. The first kappa shape index (κ1) is 9.96. The number of carbonyl (C=O) groups is 1. The molecule has 1 aliphatic rings. The molecule has 0 spiro atoms. The molecule has 0 unspecified atom stereocenters. The van der Waals surface area contributed by atoms with Gasteiger partial charge in [-0.1, -0.05) is 0 Å². The van der Waals surface area contributed by atoms with Gasteiger partial charge in [0.1, 0.15) is 0 Å². The van der Waals surface area contributed by atoms with Crippen molar-refractivity contribution in [2.24, 2.45) is 0 Å². The van der Waals surface area contributed by atoms with Crippen molar-refractivity contribution >= 4 is 5.97 Å². The SMILES string of the molecule is CCOC(=O)c1c[nH]c(=O)cc1C1CC1. The van der Waals surface area contributed by atoms with Crippen LogP contribution in [-0.4, -0.2) is 17.6 Å². The minimum absolute atomic E-state index is 0.162. The highest BCUT2D eigenvalue weighted by atomic mass is 16.5. The molecule has 0 amide bonds. The van der Waals surface area contributed by atoms with Gasteiger partial charge in [-0.2, -0.15) is 0 Å². The molecule has 0 aromatic carbocycles. The molecule has 1 aromatic rings. The van der Waals surface area contributed by atoms with E-state index in [1.807, 2.05) is 0 Å². The van der Waals surface area contributed by atoms with Gasteiger partial charge >= 0.3 is 5.97 Å². The third-order valence-corrected chi connectivity index (χ3v) is 2.47. The van der Waals surface area contributed by atoms with Gasteiger partial charge in [0, 0.05) is 12.3 Å². The maximum atomic E-state index is 11.6. The van der Waals surface area contributed by atoms with E-state index in [1.54, 1.807) is 6.92 Å². The Kier molecular flexibility index (Phi) is 2.58. The topological polar surface area (TPSA) is 59.2 Å². The molecule has 1 aromatic heterocycles. The molecule has 0 aliphatic heterocycles. The van der Waals surface area contributed by atoms with Crippen molar-refractivity contribution in [1.29, 1.82) is 0 Å². The summed E-state index contributed by atoms with van der Waals surface area (Å²) >= 11 is 0. The van der Waals surface area contributed by atoms with Gasteiger partial charge in [0.15, 0.2) is 0 Å². The first-order valence-corrected chi connectivity index (χ1v) is 5.12. The lowest BCUT2D eigenvalue weighted by atomic mass is 10.1. The van der Waals surface area contributed by atoms with Gasteiger partial charge in [0.25, 0.3) is 0 Å². The molecule has 2 rings (SSSR count). The monoisotopic (exact) mass is 207 g/mol. The molecule has 1 N–H and O–H groups in total. The van der Waals surface area contributed by atoms with Crippen LogP contribution in [0.4, 0.5) is 0 Å². The van der Waals surface area contributed by atoms with Crippen molar-refractivity contribution in [2.45, 2.75) is 25.7 Å². The number of H-pyrrole nitrogens is 1. The number of carbonyl (C=O) groups excluding carboxylic acids is 1. The van der Waals surface area contributed by atoms with Gasteiger partial charge in [-0.05, 0) is 31.2 Å². The first-order valence-electron chi connectivity index (χ1n) is 5.12. The van der Waals surface area contributed by atoms with Crippen molar-refractivity contribution in [2.75, 3.05) is 6.61 Å². The van der Waals surface area contributed by atoms with E-state index in [2.05, 4.69) is 4.98 Å². The van der Waals surface area contributed by atoms with Gasteiger partial charge in [-0.3, -0.25) is 4.79 Å². The fourth-order valence-corrected chi connectivity index (χ4v) is 1.61. The minimum atomic E-state index is -0.351. The number of esters is 1. The van der Waals surface area contributed by atoms with Crippen LogP contribution in [0.15, 0.2) is 17.1 Å². The zero-order valence-electron chi connectivity index (χ0n) is 8.58. The standard InChI is InChI=1S/C11H13NO3/c1-2-15-11(14)9-6-12-10(13)5-8(9)7-3-4-7/h5-7H,2-4H2,1H3,(H,12,13). The van der Waals surface area contributed by atoms with E-state index in [9.17, 15) is 9.59 Å². The maximum Gasteiger partial charge on any atom is 0.339 e. The molecule has 4 nitrogen and oxygen atoms in total. The number of rotatable bonds is 3. The van der Waals surface area contributed by atoms with Crippen LogP contribution >= 0.6 is 0 Å². The largest absolute Gasteiger partial charge is 0.462 e. The summed E-state index contributed by atoms with van der Waals surface area (Å²) < 4.78 is 4.93. The second-order valence-corrected chi connectivity index (χ2v) is 3.66. The quantitative estimate of drug-likeness (QED) is 0.763. The Morgan fingerprint density at radius 2 is 2.33 bits per heavy atom. The third kappa shape index (κ3) is 2.09. The van der Waals surface area contributed by atoms with E-state index >= 15 is 0 Å². The van der Waals surface area contributed by atoms with Crippen LogP contribution in [-0.2, 0) is 4.74 Å². The van der Waals surface area contributed by atoms with Gasteiger partial charge < -0.3 is 9.72 Å². The van der Waals surface area contributed by atoms with E-state index in [-0.39, 0.29) is 11.5 Å². The normalized spacial score (nSPS) is 15.0. The van der Waals surface area contributed by atoms with E-state index in [0.717, 1.165) is 18.4 Å². The molecule has 15 heavy (non-hydrogen) atoms. The summed E-state index contributed by atoms with van der Waals surface area (Å²) in [6.07, 6.45) is 3.56. The second-order valence-electron chi connectivity index (χ2n) is 3.66. The summed E-state index contributed by atoms with van der Waals surface area (Å²) in [4.78, 5) is 25.2. The van der Waals surface area contributed by atoms with Crippen molar-refractivity contribution in [3.8, 4) is 0 Å². The Bertz CT molecular complexity index is 432. The third-order valence-electron chi connectivity index (χ3n) is 2.47. The first-order chi connectivity index (χ1) is 7.22.